The van der Waals surface area contributed by atoms with Gasteiger partial charge >= 0.3 is 0 Å². The minimum absolute atomic E-state index is 0.185. The highest BCUT2D eigenvalue weighted by Gasteiger charge is 2.55. The Morgan fingerprint density at radius 1 is 1.19 bits per heavy atom. The number of hydrogen-bond donors (Lipinski definition) is 1. The first-order valence-electron chi connectivity index (χ1n) is 5.77. The molecule has 2 fully saturated rings. The van der Waals surface area contributed by atoms with Crippen molar-refractivity contribution in [3.05, 3.63) is 35.9 Å². The van der Waals surface area contributed by atoms with Crippen molar-refractivity contribution in [1.29, 1.82) is 0 Å². The molecule has 1 aromatic rings. The smallest absolute Gasteiger partial charge is 0.229 e. The largest absolute Gasteiger partial charge is 0.381 e. The zero-order valence-corrected chi connectivity index (χ0v) is 9.11. The summed E-state index contributed by atoms with van der Waals surface area (Å²) in [6.07, 6.45) is 1.69. The van der Waals surface area contributed by atoms with E-state index in [4.69, 9.17) is 4.74 Å². The Labute approximate surface area is 94.8 Å². The van der Waals surface area contributed by atoms with E-state index in [0.29, 0.717) is 13.2 Å². The first kappa shape index (κ1) is 9.85. The molecule has 16 heavy (non-hydrogen) atoms. The molecule has 2 saturated heterocycles. The first-order chi connectivity index (χ1) is 7.83. The summed E-state index contributed by atoms with van der Waals surface area (Å²) in [6, 6.07) is 10.4. The number of ether oxygens (including phenoxy) is 1. The Kier molecular flexibility index (Phi) is 2.21. The fourth-order valence-electron chi connectivity index (χ4n) is 2.77. The molecule has 1 amide bonds. The topological polar surface area (TPSA) is 38.3 Å². The average Bonchev–Trinajstić information content (AvgIpc) is 2.38. The SMILES string of the molecule is O=C1NC(c2ccccc2)C12CCOCC2. The molecule has 1 aromatic carbocycles. The van der Waals surface area contributed by atoms with Gasteiger partial charge in [0.2, 0.25) is 5.91 Å². The van der Waals surface area contributed by atoms with Crippen LogP contribution in [0.1, 0.15) is 24.4 Å². The summed E-state index contributed by atoms with van der Waals surface area (Å²) in [5, 5.41) is 3.03. The Hall–Kier alpha value is -1.35. The van der Waals surface area contributed by atoms with Gasteiger partial charge in [-0.1, -0.05) is 30.3 Å². The second-order valence-electron chi connectivity index (χ2n) is 4.59. The minimum atomic E-state index is -0.195. The van der Waals surface area contributed by atoms with Crippen LogP contribution in [0.5, 0.6) is 0 Å². The molecule has 1 N–H and O–H groups in total. The van der Waals surface area contributed by atoms with Gasteiger partial charge in [0, 0.05) is 13.2 Å². The van der Waals surface area contributed by atoms with Gasteiger partial charge in [0.1, 0.15) is 0 Å². The van der Waals surface area contributed by atoms with E-state index >= 15 is 0 Å². The van der Waals surface area contributed by atoms with Gasteiger partial charge < -0.3 is 10.1 Å². The third kappa shape index (κ3) is 1.28. The molecule has 1 atom stereocenters. The third-order valence-electron chi connectivity index (χ3n) is 3.80. The summed E-state index contributed by atoms with van der Waals surface area (Å²) in [4.78, 5) is 11.8. The van der Waals surface area contributed by atoms with E-state index in [-0.39, 0.29) is 17.4 Å². The van der Waals surface area contributed by atoms with Gasteiger partial charge in [0.25, 0.3) is 0 Å². The van der Waals surface area contributed by atoms with Crippen LogP contribution < -0.4 is 5.32 Å². The second-order valence-corrected chi connectivity index (χ2v) is 4.59. The van der Waals surface area contributed by atoms with Crippen LogP contribution in [0.15, 0.2) is 30.3 Å². The van der Waals surface area contributed by atoms with Crippen molar-refractivity contribution in [3.8, 4) is 0 Å². The van der Waals surface area contributed by atoms with E-state index in [1.807, 2.05) is 18.2 Å². The van der Waals surface area contributed by atoms with E-state index in [2.05, 4.69) is 17.4 Å². The Bertz CT molecular complexity index is 396. The number of carbonyl (C=O) groups is 1. The lowest BCUT2D eigenvalue weighted by Crippen LogP contribution is -2.63. The third-order valence-corrected chi connectivity index (χ3v) is 3.80. The van der Waals surface area contributed by atoms with Gasteiger partial charge in [-0.2, -0.15) is 0 Å². The Balaban J connectivity index is 1.90. The number of carbonyl (C=O) groups excluding carboxylic acids is 1. The van der Waals surface area contributed by atoms with Crippen LogP contribution in [0.4, 0.5) is 0 Å². The number of benzene rings is 1. The van der Waals surface area contributed by atoms with Crippen LogP contribution in [0.25, 0.3) is 0 Å². The van der Waals surface area contributed by atoms with Gasteiger partial charge in [-0.3, -0.25) is 4.79 Å². The van der Waals surface area contributed by atoms with E-state index in [1.165, 1.54) is 5.56 Å². The molecule has 3 heteroatoms. The van der Waals surface area contributed by atoms with Gasteiger partial charge in [-0.05, 0) is 18.4 Å². The molecule has 1 spiro atoms. The molecule has 0 bridgehead atoms. The molecule has 3 rings (SSSR count). The number of hydrogen-bond acceptors (Lipinski definition) is 2. The monoisotopic (exact) mass is 217 g/mol. The van der Waals surface area contributed by atoms with Crippen LogP contribution in [0, 0.1) is 5.41 Å². The normalized spacial score (nSPS) is 27.2. The first-order valence-corrected chi connectivity index (χ1v) is 5.77. The lowest BCUT2D eigenvalue weighted by Gasteiger charge is -2.50. The van der Waals surface area contributed by atoms with E-state index in [0.717, 1.165) is 12.8 Å². The lowest BCUT2D eigenvalue weighted by molar-refractivity contribution is -0.155. The number of β-lactam (4-membered cyclic amide) rings is 1. The lowest BCUT2D eigenvalue weighted by atomic mass is 9.65. The summed E-state index contributed by atoms with van der Waals surface area (Å²) in [5.41, 5.74) is 1.02. The predicted molar refractivity (Wildman–Crippen MR) is 59.8 cm³/mol. The molecule has 2 aliphatic heterocycles. The highest BCUT2D eigenvalue weighted by Crippen LogP contribution is 2.49. The summed E-state index contributed by atoms with van der Waals surface area (Å²) in [6.45, 7) is 1.41. The van der Waals surface area contributed by atoms with Crippen molar-refractivity contribution in [1.82, 2.24) is 5.32 Å². The second kappa shape index (κ2) is 3.59. The fraction of sp³-hybridized carbons (Fsp3) is 0.462. The van der Waals surface area contributed by atoms with Gasteiger partial charge in [0.05, 0.1) is 11.5 Å². The van der Waals surface area contributed by atoms with Crippen LogP contribution in [0.3, 0.4) is 0 Å². The summed E-state index contributed by atoms with van der Waals surface area (Å²) < 4.78 is 5.35. The highest BCUT2D eigenvalue weighted by molar-refractivity contribution is 5.90. The van der Waals surface area contributed by atoms with Crippen LogP contribution in [0.2, 0.25) is 0 Å². The average molecular weight is 217 g/mol. The molecule has 2 aliphatic rings. The van der Waals surface area contributed by atoms with Crippen molar-refractivity contribution in [2.45, 2.75) is 18.9 Å². The van der Waals surface area contributed by atoms with Crippen molar-refractivity contribution in [3.63, 3.8) is 0 Å². The molecule has 0 aromatic heterocycles. The quantitative estimate of drug-likeness (QED) is 0.726. The van der Waals surface area contributed by atoms with Crippen LogP contribution in [-0.2, 0) is 9.53 Å². The van der Waals surface area contributed by atoms with Gasteiger partial charge in [-0.15, -0.1) is 0 Å². The molecule has 3 nitrogen and oxygen atoms in total. The van der Waals surface area contributed by atoms with Gasteiger partial charge in [0.15, 0.2) is 0 Å². The molecule has 0 radical (unpaired) electrons. The van der Waals surface area contributed by atoms with E-state index < -0.39 is 0 Å². The van der Waals surface area contributed by atoms with Crippen molar-refractivity contribution >= 4 is 5.91 Å². The summed E-state index contributed by atoms with van der Waals surface area (Å²) in [5.74, 6) is 0.199. The molecule has 2 heterocycles. The van der Waals surface area contributed by atoms with Crippen molar-refractivity contribution < 1.29 is 9.53 Å². The Morgan fingerprint density at radius 3 is 2.50 bits per heavy atom. The van der Waals surface area contributed by atoms with Gasteiger partial charge in [-0.25, -0.2) is 0 Å². The minimum Gasteiger partial charge on any atom is -0.381 e. The Morgan fingerprint density at radius 2 is 1.88 bits per heavy atom. The zero-order valence-electron chi connectivity index (χ0n) is 9.11. The van der Waals surface area contributed by atoms with E-state index in [1.54, 1.807) is 0 Å². The fourth-order valence-corrected chi connectivity index (χ4v) is 2.77. The maximum absolute atomic E-state index is 11.8. The molecular formula is C13H15NO2. The van der Waals surface area contributed by atoms with Crippen LogP contribution >= 0.6 is 0 Å². The highest BCUT2D eigenvalue weighted by atomic mass is 16.5. The number of amides is 1. The number of rotatable bonds is 1. The summed E-state index contributed by atoms with van der Waals surface area (Å²) >= 11 is 0. The van der Waals surface area contributed by atoms with Crippen molar-refractivity contribution in [2.75, 3.05) is 13.2 Å². The standard InChI is InChI=1S/C13H15NO2/c15-12-13(6-8-16-9-7-13)11(14-12)10-4-2-1-3-5-10/h1-5,11H,6-9H2,(H,14,15). The molecule has 1 unspecified atom stereocenters. The number of nitrogens with one attached hydrogen (secondary N) is 1. The molecule has 0 saturated carbocycles. The molecular weight excluding hydrogens is 202 g/mol. The van der Waals surface area contributed by atoms with Crippen molar-refractivity contribution in [2.24, 2.45) is 5.41 Å². The summed E-state index contributed by atoms with van der Waals surface area (Å²) in [7, 11) is 0. The van der Waals surface area contributed by atoms with Crippen LogP contribution in [-0.4, -0.2) is 19.1 Å². The maximum Gasteiger partial charge on any atom is 0.229 e. The zero-order chi connectivity index (χ0) is 11.0. The molecule has 0 aliphatic carbocycles. The van der Waals surface area contributed by atoms with E-state index in [9.17, 15) is 4.79 Å². The molecule has 84 valence electrons. The predicted octanol–water partition coefficient (Wildman–Crippen LogP) is 1.65. The maximum atomic E-state index is 11.8.